The molecule has 0 fully saturated rings. The Balaban J connectivity index is 1.81. The number of thioether (sulfide) groups is 1. The number of aryl methyl sites for hydroxylation is 5. The fourth-order valence-electron chi connectivity index (χ4n) is 3.35. The van der Waals surface area contributed by atoms with Gasteiger partial charge in [-0.2, -0.15) is 4.68 Å². The lowest BCUT2D eigenvalue weighted by Gasteiger charge is -2.16. The van der Waals surface area contributed by atoms with Gasteiger partial charge in [0.1, 0.15) is 0 Å². The molecule has 2 aromatic carbocycles. The van der Waals surface area contributed by atoms with E-state index in [1.165, 1.54) is 17.3 Å². The first kappa shape index (κ1) is 20.1. The number of carbonyl (C=O) groups is 1. The molecule has 7 heteroatoms. The molecule has 1 aromatic heterocycles. The number of amides is 1. The molecule has 3 aromatic rings. The van der Waals surface area contributed by atoms with Crippen LogP contribution in [0.15, 0.2) is 35.5 Å². The Bertz CT molecular complexity index is 984. The van der Waals surface area contributed by atoms with E-state index in [2.05, 4.69) is 39.9 Å². The monoisotopic (exact) mass is 395 g/mol. The summed E-state index contributed by atoms with van der Waals surface area (Å²) in [7, 11) is 0. The molecule has 0 saturated carbocycles. The van der Waals surface area contributed by atoms with Crippen molar-refractivity contribution in [2.75, 3.05) is 5.32 Å². The number of aromatic nitrogens is 4. The van der Waals surface area contributed by atoms with Crippen molar-refractivity contribution in [1.82, 2.24) is 20.2 Å². The molecule has 0 radical (unpaired) electrons. The van der Waals surface area contributed by atoms with Crippen molar-refractivity contribution in [3.05, 3.63) is 58.1 Å². The van der Waals surface area contributed by atoms with Crippen LogP contribution in [0.1, 0.15) is 34.7 Å². The van der Waals surface area contributed by atoms with Crippen molar-refractivity contribution in [1.29, 1.82) is 0 Å². The average molecular weight is 396 g/mol. The normalized spacial score (nSPS) is 12.1. The molecule has 6 nitrogen and oxygen atoms in total. The first-order chi connectivity index (χ1) is 13.3. The van der Waals surface area contributed by atoms with E-state index in [0.717, 1.165) is 33.6 Å². The van der Waals surface area contributed by atoms with E-state index in [1.54, 1.807) is 4.68 Å². The van der Waals surface area contributed by atoms with Crippen molar-refractivity contribution in [2.24, 2.45) is 0 Å². The lowest BCUT2D eigenvalue weighted by molar-refractivity contribution is -0.115. The van der Waals surface area contributed by atoms with Gasteiger partial charge in [0.25, 0.3) is 0 Å². The number of hydrogen-bond donors (Lipinski definition) is 1. The van der Waals surface area contributed by atoms with E-state index in [1.807, 2.05) is 52.8 Å². The number of nitrogens with one attached hydrogen (secondary N) is 1. The lowest BCUT2D eigenvalue weighted by atomic mass is 10.1. The largest absolute Gasteiger partial charge is 0.325 e. The summed E-state index contributed by atoms with van der Waals surface area (Å²) in [5, 5.41) is 15.4. The molecule has 3 rings (SSSR count). The van der Waals surface area contributed by atoms with Crippen molar-refractivity contribution in [3.8, 4) is 5.69 Å². The van der Waals surface area contributed by atoms with Gasteiger partial charge in [0.2, 0.25) is 11.1 Å². The maximum Gasteiger partial charge on any atom is 0.237 e. The van der Waals surface area contributed by atoms with Crippen molar-refractivity contribution in [3.63, 3.8) is 0 Å². The smallest absolute Gasteiger partial charge is 0.237 e. The highest BCUT2D eigenvalue weighted by atomic mass is 32.2. The molecule has 1 atom stereocenters. The Morgan fingerprint density at radius 2 is 1.64 bits per heavy atom. The molecule has 0 aliphatic carbocycles. The summed E-state index contributed by atoms with van der Waals surface area (Å²) < 4.78 is 1.71. The van der Waals surface area contributed by atoms with Gasteiger partial charge in [0.15, 0.2) is 0 Å². The van der Waals surface area contributed by atoms with Crippen LogP contribution in [0.25, 0.3) is 5.69 Å². The van der Waals surface area contributed by atoms with Gasteiger partial charge in [-0.25, -0.2) is 0 Å². The van der Waals surface area contributed by atoms with E-state index in [4.69, 9.17) is 0 Å². The zero-order valence-electron chi connectivity index (χ0n) is 17.1. The molecule has 1 N–H and O–H groups in total. The second-order valence-electron chi connectivity index (χ2n) is 7.14. The van der Waals surface area contributed by atoms with Crippen LogP contribution in [0, 0.1) is 34.6 Å². The Morgan fingerprint density at radius 3 is 2.25 bits per heavy atom. The van der Waals surface area contributed by atoms with Gasteiger partial charge in [-0.3, -0.25) is 4.79 Å². The number of carbonyl (C=O) groups excluding carboxylic acids is 1. The van der Waals surface area contributed by atoms with E-state index in [9.17, 15) is 4.79 Å². The van der Waals surface area contributed by atoms with E-state index >= 15 is 0 Å². The molecule has 0 saturated heterocycles. The minimum Gasteiger partial charge on any atom is -0.325 e. The third kappa shape index (κ3) is 4.09. The Kier molecular flexibility index (Phi) is 5.84. The second kappa shape index (κ2) is 8.14. The first-order valence-electron chi connectivity index (χ1n) is 9.18. The SMILES string of the molecule is Cc1cc(C)c(NC(=O)C(C)Sc2nnnn2-c2c(C)cccc2C)c(C)c1. The number of benzene rings is 2. The highest BCUT2D eigenvalue weighted by Gasteiger charge is 2.21. The van der Waals surface area contributed by atoms with E-state index < -0.39 is 0 Å². The summed E-state index contributed by atoms with van der Waals surface area (Å²) in [6, 6.07) is 10.2. The molecule has 0 spiro atoms. The number of nitrogens with zero attached hydrogens (tertiary/aromatic N) is 4. The second-order valence-corrected chi connectivity index (χ2v) is 8.44. The Hall–Kier alpha value is -2.67. The number of anilines is 1. The molecule has 0 aliphatic heterocycles. The van der Waals surface area contributed by atoms with Crippen LogP contribution in [0.2, 0.25) is 0 Å². The Labute approximate surface area is 169 Å². The summed E-state index contributed by atoms with van der Waals surface area (Å²) in [6.45, 7) is 12.0. The summed E-state index contributed by atoms with van der Waals surface area (Å²) in [4.78, 5) is 12.8. The van der Waals surface area contributed by atoms with Gasteiger partial charge < -0.3 is 5.32 Å². The van der Waals surface area contributed by atoms with Gasteiger partial charge in [-0.15, -0.1) is 5.10 Å². The maximum atomic E-state index is 12.8. The molecular formula is C21H25N5OS. The highest BCUT2D eigenvalue weighted by molar-refractivity contribution is 8.00. The molecule has 1 unspecified atom stereocenters. The topological polar surface area (TPSA) is 72.7 Å². The van der Waals surface area contributed by atoms with Crippen LogP contribution in [0.3, 0.4) is 0 Å². The Morgan fingerprint density at radius 1 is 1.04 bits per heavy atom. The number of tetrazole rings is 1. The van der Waals surface area contributed by atoms with E-state index in [-0.39, 0.29) is 11.2 Å². The van der Waals surface area contributed by atoms with Gasteiger partial charge in [0, 0.05) is 5.69 Å². The standard InChI is InChI=1S/C21H25N5OS/c1-12-10-15(4)18(16(5)11-12)22-20(27)17(6)28-21-23-24-25-26(21)19-13(2)8-7-9-14(19)3/h7-11,17H,1-6H3,(H,22,27). The quantitative estimate of drug-likeness (QED) is 0.651. The van der Waals surface area contributed by atoms with Gasteiger partial charge in [-0.05, 0) is 74.2 Å². The number of rotatable bonds is 5. The summed E-state index contributed by atoms with van der Waals surface area (Å²) >= 11 is 1.35. The zero-order chi connectivity index (χ0) is 20.4. The van der Waals surface area contributed by atoms with Crippen LogP contribution >= 0.6 is 11.8 Å². The summed E-state index contributed by atoms with van der Waals surface area (Å²) in [5.41, 5.74) is 7.29. The van der Waals surface area contributed by atoms with E-state index in [0.29, 0.717) is 5.16 Å². The average Bonchev–Trinajstić information content (AvgIpc) is 3.05. The summed E-state index contributed by atoms with van der Waals surface area (Å²) in [5.74, 6) is -0.0730. The van der Waals surface area contributed by atoms with Crippen LogP contribution in [0.4, 0.5) is 5.69 Å². The fourth-order valence-corrected chi connectivity index (χ4v) is 4.14. The fraction of sp³-hybridized carbons (Fsp3) is 0.333. The van der Waals surface area contributed by atoms with Crippen LogP contribution in [-0.4, -0.2) is 31.4 Å². The predicted octanol–water partition coefficient (Wildman–Crippen LogP) is 4.32. The molecular weight excluding hydrogens is 370 g/mol. The molecule has 28 heavy (non-hydrogen) atoms. The van der Waals surface area contributed by atoms with Crippen LogP contribution < -0.4 is 5.32 Å². The number of para-hydroxylation sites is 1. The third-order valence-corrected chi connectivity index (χ3v) is 5.70. The molecule has 146 valence electrons. The molecule has 0 bridgehead atoms. The first-order valence-corrected chi connectivity index (χ1v) is 10.1. The minimum atomic E-state index is -0.353. The predicted molar refractivity (Wildman–Crippen MR) is 113 cm³/mol. The number of hydrogen-bond acceptors (Lipinski definition) is 5. The summed E-state index contributed by atoms with van der Waals surface area (Å²) in [6.07, 6.45) is 0. The van der Waals surface area contributed by atoms with Gasteiger partial charge in [0.05, 0.1) is 10.9 Å². The lowest BCUT2D eigenvalue weighted by Crippen LogP contribution is -2.24. The third-order valence-electron chi connectivity index (χ3n) is 4.67. The van der Waals surface area contributed by atoms with Crippen LogP contribution in [-0.2, 0) is 4.79 Å². The minimum absolute atomic E-state index is 0.0730. The molecule has 1 amide bonds. The van der Waals surface area contributed by atoms with Crippen molar-refractivity contribution in [2.45, 2.75) is 51.9 Å². The zero-order valence-corrected chi connectivity index (χ0v) is 17.9. The van der Waals surface area contributed by atoms with Gasteiger partial charge in [-0.1, -0.05) is 47.7 Å². The van der Waals surface area contributed by atoms with Crippen molar-refractivity contribution < 1.29 is 4.79 Å². The maximum absolute atomic E-state index is 12.8. The molecule has 0 aliphatic rings. The highest BCUT2D eigenvalue weighted by Crippen LogP contribution is 2.28. The van der Waals surface area contributed by atoms with Crippen molar-refractivity contribution >= 4 is 23.4 Å². The van der Waals surface area contributed by atoms with Gasteiger partial charge >= 0.3 is 0 Å². The molecule has 1 heterocycles. The van der Waals surface area contributed by atoms with Crippen LogP contribution in [0.5, 0.6) is 0 Å².